The van der Waals surface area contributed by atoms with E-state index >= 15 is 0 Å². The first-order valence-corrected chi connectivity index (χ1v) is 8.38. The number of benzene rings is 2. The molecule has 0 radical (unpaired) electrons. The highest BCUT2D eigenvalue weighted by molar-refractivity contribution is 7.23. The number of carbonyl (C=O) groups excluding carboxylic acids is 2. The highest BCUT2D eigenvalue weighted by Gasteiger charge is 2.34. The van der Waals surface area contributed by atoms with E-state index < -0.39 is 0 Å². The Kier molecular flexibility index (Phi) is 3.45. The van der Waals surface area contributed by atoms with Gasteiger partial charge in [-0.3, -0.25) is 9.59 Å². The number of thiazole rings is 1. The number of likely N-dealkylation sites (tertiary alicyclic amines) is 1. The Morgan fingerprint density at radius 2 is 2.08 bits per heavy atom. The lowest BCUT2D eigenvalue weighted by Gasteiger charge is -2.37. The Morgan fingerprint density at radius 1 is 1.29 bits per heavy atom. The van der Waals surface area contributed by atoms with Crippen molar-refractivity contribution in [1.29, 1.82) is 0 Å². The summed E-state index contributed by atoms with van der Waals surface area (Å²) < 4.78 is 14.3. The first kappa shape index (κ1) is 15.0. The van der Waals surface area contributed by atoms with Crippen LogP contribution in [0.2, 0.25) is 0 Å². The number of fused-ring (bicyclic) bond motifs is 3. The normalized spacial score (nSPS) is 14.8. The summed E-state index contributed by atoms with van der Waals surface area (Å²) in [6.07, 6.45) is 0. The van der Waals surface area contributed by atoms with Crippen molar-refractivity contribution in [2.24, 2.45) is 5.92 Å². The molecular formula is C17H14FN3O2S. The number of aromatic nitrogens is 1. The lowest BCUT2D eigenvalue weighted by atomic mass is 9.99. The summed E-state index contributed by atoms with van der Waals surface area (Å²) >= 11 is 1.37. The third kappa shape index (κ3) is 2.50. The minimum absolute atomic E-state index is 0.0160. The molecule has 1 N–H and O–H groups in total. The summed E-state index contributed by atoms with van der Waals surface area (Å²) in [6.45, 7) is 2.40. The van der Waals surface area contributed by atoms with E-state index in [1.54, 1.807) is 11.0 Å². The summed E-state index contributed by atoms with van der Waals surface area (Å²) in [6, 6.07) is 8.28. The van der Waals surface area contributed by atoms with Gasteiger partial charge < -0.3 is 10.2 Å². The smallest absolute Gasteiger partial charge is 0.232 e. The number of halogens is 1. The molecule has 1 aliphatic rings. The van der Waals surface area contributed by atoms with Gasteiger partial charge in [-0.15, -0.1) is 0 Å². The van der Waals surface area contributed by atoms with Gasteiger partial charge in [0.25, 0.3) is 0 Å². The van der Waals surface area contributed by atoms with Crippen molar-refractivity contribution in [3.8, 4) is 0 Å². The molecule has 0 unspecified atom stereocenters. The standard InChI is InChI=1S/C17H14FN3O2S/c1-9(22)21-7-11(8-21)16(23)20-17-19-14-5-2-10-6-12(18)3-4-13(10)15(14)24-17/h2-6,11H,7-8H2,1H3,(H,19,20,23). The fraction of sp³-hybridized carbons (Fsp3) is 0.235. The molecule has 0 aliphatic carbocycles. The third-order valence-electron chi connectivity index (χ3n) is 4.26. The average Bonchev–Trinajstić information content (AvgIpc) is 2.87. The molecule has 1 saturated heterocycles. The van der Waals surface area contributed by atoms with E-state index in [1.807, 2.05) is 12.1 Å². The van der Waals surface area contributed by atoms with Crippen molar-refractivity contribution in [2.75, 3.05) is 18.4 Å². The van der Waals surface area contributed by atoms with E-state index in [4.69, 9.17) is 0 Å². The molecular weight excluding hydrogens is 329 g/mol. The zero-order valence-electron chi connectivity index (χ0n) is 12.9. The Bertz CT molecular complexity index is 979. The fourth-order valence-electron chi connectivity index (χ4n) is 2.85. The Morgan fingerprint density at radius 3 is 2.83 bits per heavy atom. The molecule has 0 spiro atoms. The van der Waals surface area contributed by atoms with Gasteiger partial charge in [0, 0.05) is 25.4 Å². The van der Waals surface area contributed by atoms with Gasteiger partial charge in [0.15, 0.2) is 5.13 Å². The lowest BCUT2D eigenvalue weighted by molar-refractivity contribution is -0.139. The molecule has 2 heterocycles. The van der Waals surface area contributed by atoms with Crippen molar-refractivity contribution in [1.82, 2.24) is 9.88 Å². The average molecular weight is 343 g/mol. The second-order valence-corrected chi connectivity index (χ2v) is 6.91. The van der Waals surface area contributed by atoms with E-state index in [0.717, 1.165) is 21.0 Å². The molecule has 0 saturated carbocycles. The number of nitrogens with one attached hydrogen (secondary N) is 1. The quantitative estimate of drug-likeness (QED) is 0.778. The first-order chi connectivity index (χ1) is 11.5. The predicted octanol–water partition coefficient (Wildman–Crippen LogP) is 3.01. The van der Waals surface area contributed by atoms with Crippen LogP contribution in [0, 0.1) is 11.7 Å². The monoisotopic (exact) mass is 343 g/mol. The summed E-state index contributed by atoms with van der Waals surface area (Å²) in [5, 5.41) is 5.07. The molecule has 0 bridgehead atoms. The second-order valence-electron chi connectivity index (χ2n) is 5.91. The molecule has 1 aromatic heterocycles. The van der Waals surface area contributed by atoms with Gasteiger partial charge in [-0.05, 0) is 29.7 Å². The van der Waals surface area contributed by atoms with Crippen molar-refractivity contribution < 1.29 is 14.0 Å². The summed E-state index contributed by atoms with van der Waals surface area (Å²) in [4.78, 5) is 29.5. The van der Waals surface area contributed by atoms with Gasteiger partial charge >= 0.3 is 0 Å². The molecule has 3 aromatic rings. The Balaban J connectivity index is 1.58. The van der Waals surface area contributed by atoms with Crippen LogP contribution < -0.4 is 5.32 Å². The summed E-state index contributed by atoms with van der Waals surface area (Å²) in [5.74, 6) is -0.605. The molecule has 24 heavy (non-hydrogen) atoms. The Hall–Kier alpha value is -2.54. The number of hydrogen-bond donors (Lipinski definition) is 1. The molecule has 4 rings (SSSR count). The number of carbonyl (C=O) groups is 2. The number of anilines is 1. The van der Waals surface area contributed by atoms with Crippen LogP contribution in [0.1, 0.15) is 6.92 Å². The maximum absolute atomic E-state index is 13.3. The zero-order chi connectivity index (χ0) is 16.8. The highest BCUT2D eigenvalue weighted by atomic mass is 32.1. The summed E-state index contributed by atoms with van der Waals surface area (Å²) in [5.41, 5.74) is 0.772. The largest absolute Gasteiger partial charge is 0.341 e. The molecule has 7 heteroatoms. The van der Waals surface area contributed by atoms with Crippen molar-refractivity contribution in [3.05, 3.63) is 36.1 Å². The van der Waals surface area contributed by atoms with Gasteiger partial charge in [0.1, 0.15) is 5.82 Å². The first-order valence-electron chi connectivity index (χ1n) is 7.56. The van der Waals surface area contributed by atoms with Crippen LogP contribution in [0.25, 0.3) is 21.0 Å². The van der Waals surface area contributed by atoms with Gasteiger partial charge in [0.05, 0.1) is 16.1 Å². The van der Waals surface area contributed by atoms with Crippen LogP contribution in [0.15, 0.2) is 30.3 Å². The Labute approximate surface area is 141 Å². The molecule has 2 aromatic carbocycles. The van der Waals surface area contributed by atoms with Crippen LogP contribution in [0.3, 0.4) is 0 Å². The van der Waals surface area contributed by atoms with E-state index in [1.165, 1.54) is 30.4 Å². The molecule has 2 amide bonds. The molecule has 1 aliphatic heterocycles. The predicted molar refractivity (Wildman–Crippen MR) is 91.5 cm³/mol. The van der Waals surface area contributed by atoms with E-state index in [0.29, 0.717) is 18.2 Å². The fourth-order valence-corrected chi connectivity index (χ4v) is 3.85. The van der Waals surface area contributed by atoms with Gasteiger partial charge in [-0.2, -0.15) is 0 Å². The van der Waals surface area contributed by atoms with Crippen molar-refractivity contribution in [2.45, 2.75) is 6.92 Å². The molecule has 122 valence electrons. The third-order valence-corrected chi connectivity index (χ3v) is 5.28. The highest BCUT2D eigenvalue weighted by Crippen LogP contribution is 2.33. The van der Waals surface area contributed by atoms with Crippen LogP contribution in [0.5, 0.6) is 0 Å². The van der Waals surface area contributed by atoms with E-state index in [9.17, 15) is 14.0 Å². The maximum atomic E-state index is 13.3. The molecule has 5 nitrogen and oxygen atoms in total. The van der Waals surface area contributed by atoms with Gasteiger partial charge in [0.2, 0.25) is 11.8 Å². The van der Waals surface area contributed by atoms with Gasteiger partial charge in [-0.1, -0.05) is 17.4 Å². The number of amides is 2. The van der Waals surface area contributed by atoms with Crippen molar-refractivity contribution in [3.63, 3.8) is 0 Å². The van der Waals surface area contributed by atoms with E-state index in [-0.39, 0.29) is 23.5 Å². The van der Waals surface area contributed by atoms with Crippen LogP contribution in [-0.2, 0) is 9.59 Å². The van der Waals surface area contributed by atoms with Crippen LogP contribution >= 0.6 is 11.3 Å². The minimum Gasteiger partial charge on any atom is -0.341 e. The van der Waals surface area contributed by atoms with Gasteiger partial charge in [-0.25, -0.2) is 9.37 Å². The lowest BCUT2D eigenvalue weighted by Crippen LogP contribution is -2.53. The van der Waals surface area contributed by atoms with Crippen LogP contribution in [-0.4, -0.2) is 34.8 Å². The number of rotatable bonds is 2. The second kappa shape index (κ2) is 5.52. The number of hydrogen-bond acceptors (Lipinski definition) is 4. The van der Waals surface area contributed by atoms with Crippen LogP contribution in [0.4, 0.5) is 9.52 Å². The molecule has 0 atom stereocenters. The topological polar surface area (TPSA) is 62.3 Å². The van der Waals surface area contributed by atoms with E-state index in [2.05, 4.69) is 10.3 Å². The maximum Gasteiger partial charge on any atom is 0.232 e. The SMILES string of the molecule is CC(=O)N1CC(C(=O)Nc2nc3ccc4cc(F)ccc4c3s2)C1. The zero-order valence-corrected chi connectivity index (χ0v) is 13.7. The summed E-state index contributed by atoms with van der Waals surface area (Å²) in [7, 11) is 0. The molecule has 1 fully saturated rings. The number of nitrogens with zero attached hydrogens (tertiary/aromatic N) is 2. The minimum atomic E-state index is -0.278. The van der Waals surface area contributed by atoms with Crippen molar-refractivity contribution >= 4 is 49.3 Å².